The van der Waals surface area contributed by atoms with Gasteiger partial charge in [0.25, 0.3) is 11.8 Å². The Kier molecular flexibility index (Phi) is 9.61. The highest BCUT2D eigenvalue weighted by Gasteiger charge is 2.31. The van der Waals surface area contributed by atoms with Crippen molar-refractivity contribution in [2.75, 3.05) is 39.3 Å². The molecule has 0 aliphatic carbocycles. The van der Waals surface area contributed by atoms with Crippen molar-refractivity contribution < 1.29 is 23.8 Å². The van der Waals surface area contributed by atoms with E-state index in [1.54, 1.807) is 54.5 Å². The second-order valence-corrected chi connectivity index (χ2v) is 9.55. The molecule has 180 valence electrons. The SMILES string of the molecule is COCCCN1C(=O)/C(=C/c2ccc(OCC(=O)Nc3ccc(Cl)c(Cl)c3)c(OC)c2)SC1=S. The highest BCUT2D eigenvalue weighted by molar-refractivity contribution is 8.26. The largest absolute Gasteiger partial charge is 0.493 e. The van der Waals surface area contributed by atoms with Gasteiger partial charge in [-0.1, -0.05) is 53.2 Å². The number of halogens is 2. The van der Waals surface area contributed by atoms with E-state index in [1.807, 2.05) is 0 Å². The smallest absolute Gasteiger partial charge is 0.266 e. The molecular weight excluding hydrogens is 519 g/mol. The molecule has 0 aromatic heterocycles. The zero-order chi connectivity index (χ0) is 24.7. The van der Waals surface area contributed by atoms with Gasteiger partial charge in [-0.2, -0.15) is 0 Å². The van der Waals surface area contributed by atoms with E-state index in [1.165, 1.54) is 18.9 Å². The van der Waals surface area contributed by atoms with Gasteiger partial charge in [0.2, 0.25) is 0 Å². The van der Waals surface area contributed by atoms with Crippen molar-refractivity contribution in [1.82, 2.24) is 4.90 Å². The normalized spacial score (nSPS) is 14.6. The van der Waals surface area contributed by atoms with Crippen LogP contribution in [0.2, 0.25) is 10.0 Å². The van der Waals surface area contributed by atoms with Gasteiger partial charge in [0.15, 0.2) is 18.1 Å². The maximum Gasteiger partial charge on any atom is 0.266 e. The number of rotatable bonds is 10. The number of amides is 2. The highest BCUT2D eigenvalue weighted by Crippen LogP contribution is 2.35. The third-order valence-electron chi connectivity index (χ3n) is 4.65. The molecule has 1 saturated heterocycles. The molecule has 0 radical (unpaired) electrons. The number of nitrogens with zero attached hydrogens (tertiary/aromatic N) is 1. The summed E-state index contributed by atoms with van der Waals surface area (Å²) >= 11 is 18.4. The summed E-state index contributed by atoms with van der Waals surface area (Å²) in [5.74, 6) is 0.300. The fraction of sp³-hybridized carbons (Fsp3) is 0.261. The molecule has 1 N–H and O–H groups in total. The predicted molar refractivity (Wildman–Crippen MR) is 140 cm³/mol. The molecular formula is C23H22Cl2N2O5S2. The van der Waals surface area contributed by atoms with Crippen molar-refractivity contribution >= 4 is 75.1 Å². The standard InChI is InChI=1S/C23H22Cl2N2O5S2/c1-30-9-3-8-27-22(29)20(34-23(27)33)11-14-4-7-18(19(10-14)31-2)32-13-21(28)26-15-5-6-16(24)17(25)12-15/h4-7,10-12H,3,8-9,13H2,1-2H3,(H,26,28)/b20-11-. The maximum atomic E-state index is 12.7. The number of anilines is 1. The minimum absolute atomic E-state index is 0.135. The molecule has 0 bridgehead atoms. The van der Waals surface area contributed by atoms with E-state index in [9.17, 15) is 9.59 Å². The van der Waals surface area contributed by atoms with Crippen molar-refractivity contribution in [2.45, 2.75) is 6.42 Å². The van der Waals surface area contributed by atoms with Crippen LogP contribution in [0, 0.1) is 0 Å². The molecule has 0 saturated carbocycles. The van der Waals surface area contributed by atoms with Crippen molar-refractivity contribution in [3.05, 3.63) is 56.9 Å². The summed E-state index contributed by atoms with van der Waals surface area (Å²) in [4.78, 5) is 27.0. The zero-order valence-electron chi connectivity index (χ0n) is 18.4. The molecule has 0 spiro atoms. The van der Waals surface area contributed by atoms with Crippen LogP contribution >= 0.6 is 47.2 Å². The van der Waals surface area contributed by atoms with Crippen molar-refractivity contribution in [3.8, 4) is 11.5 Å². The summed E-state index contributed by atoms with van der Waals surface area (Å²) in [6.07, 6.45) is 2.45. The van der Waals surface area contributed by atoms with Crippen LogP contribution in [0.3, 0.4) is 0 Å². The average Bonchev–Trinajstić information content (AvgIpc) is 3.08. The van der Waals surface area contributed by atoms with Crippen LogP contribution in [0.15, 0.2) is 41.3 Å². The molecule has 0 unspecified atom stereocenters. The molecule has 2 amide bonds. The summed E-state index contributed by atoms with van der Waals surface area (Å²) in [6, 6.07) is 9.96. The van der Waals surface area contributed by atoms with Gasteiger partial charge in [-0.15, -0.1) is 0 Å². The third kappa shape index (κ3) is 6.86. The number of hydrogen-bond donors (Lipinski definition) is 1. The Hall–Kier alpha value is -2.30. The topological polar surface area (TPSA) is 77.1 Å². The van der Waals surface area contributed by atoms with Crippen LogP contribution in [0.5, 0.6) is 11.5 Å². The fourth-order valence-corrected chi connectivity index (χ4v) is 4.63. The summed E-state index contributed by atoms with van der Waals surface area (Å²) in [6.45, 7) is 0.826. The summed E-state index contributed by atoms with van der Waals surface area (Å²) < 4.78 is 16.6. The first-order chi connectivity index (χ1) is 16.3. The van der Waals surface area contributed by atoms with Crippen molar-refractivity contribution in [2.24, 2.45) is 0 Å². The van der Waals surface area contributed by atoms with Crippen LogP contribution in [-0.4, -0.2) is 55.0 Å². The molecule has 1 aliphatic heterocycles. The molecule has 2 aromatic rings. The average molecular weight is 541 g/mol. The lowest BCUT2D eigenvalue weighted by molar-refractivity contribution is -0.122. The lowest BCUT2D eigenvalue weighted by atomic mass is 10.2. The Bertz CT molecular complexity index is 1130. The van der Waals surface area contributed by atoms with E-state index >= 15 is 0 Å². The van der Waals surface area contributed by atoms with Crippen LogP contribution in [0.25, 0.3) is 6.08 Å². The van der Waals surface area contributed by atoms with E-state index in [-0.39, 0.29) is 18.4 Å². The Morgan fingerprint density at radius 2 is 1.94 bits per heavy atom. The zero-order valence-corrected chi connectivity index (χ0v) is 21.6. The number of thioether (sulfide) groups is 1. The molecule has 34 heavy (non-hydrogen) atoms. The van der Waals surface area contributed by atoms with E-state index in [0.29, 0.717) is 56.0 Å². The quantitative estimate of drug-likeness (QED) is 0.250. The second-order valence-electron chi connectivity index (χ2n) is 7.06. The molecule has 1 fully saturated rings. The number of benzene rings is 2. The summed E-state index contributed by atoms with van der Waals surface area (Å²) in [7, 11) is 3.12. The maximum absolute atomic E-state index is 12.7. The van der Waals surface area contributed by atoms with Gasteiger partial charge in [0.1, 0.15) is 4.32 Å². The van der Waals surface area contributed by atoms with Gasteiger partial charge in [0.05, 0.1) is 22.1 Å². The number of carbonyl (C=O) groups excluding carboxylic acids is 2. The Labute approximate surface area is 217 Å². The lowest BCUT2D eigenvalue weighted by Crippen LogP contribution is -2.29. The van der Waals surface area contributed by atoms with E-state index < -0.39 is 0 Å². The molecule has 3 rings (SSSR count). The van der Waals surface area contributed by atoms with Gasteiger partial charge in [-0.05, 0) is 48.4 Å². The van der Waals surface area contributed by atoms with Crippen LogP contribution in [0.1, 0.15) is 12.0 Å². The monoisotopic (exact) mass is 540 g/mol. The second kappa shape index (κ2) is 12.4. The first-order valence-corrected chi connectivity index (χ1v) is 12.1. The van der Waals surface area contributed by atoms with E-state index in [4.69, 9.17) is 49.6 Å². The third-order valence-corrected chi connectivity index (χ3v) is 6.77. The highest BCUT2D eigenvalue weighted by atomic mass is 35.5. The van der Waals surface area contributed by atoms with E-state index in [0.717, 1.165) is 5.56 Å². The Balaban J connectivity index is 1.64. The Morgan fingerprint density at radius 3 is 2.65 bits per heavy atom. The first-order valence-electron chi connectivity index (χ1n) is 10.1. The lowest BCUT2D eigenvalue weighted by Gasteiger charge is -2.13. The van der Waals surface area contributed by atoms with Gasteiger partial charge >= 0.3 is 0 Å². The number of carbonyl (C=O) groups is 2. The molecule has 11 heteroatoms. The Morgan fingerprint density at radius 1 is 1.15 bits per heavy atom. The van der Waals surface area contributed by atoms with Crippen molar-refractivity contribution in [1.29, 1.82) is 0 Å². The minimum atomic E-state index is -0.373. The van der Waals surface area contributed by atoms with Gasteiger partial charge in [-0.3, -0.25) is 14.5 Å². The molecule has 2 aromatic carbocycles. The number of thiocarbonyl (C=S) groups is 1. The number of methoxy groups -OCH3 is 2. The number of ether oxygens (including phenoxy) is 3. The van der Waals surface area contributed by atoms with Crippen LogP contribution in [0.4, 0.5) is 5.69 Å². The van der Waals surface area contributed by atoms with E-state index in [2.05, 4.69) is 5.32 Å². The minimum Gasteiger partial charge on any atom is -0.493 e. The van der Waals surface area contributed by atoms with Crippen LogP contribution < -0.4 is 14.8 Å². The molecule has 7 nitrogen and oxygen atoms in total. The fourth-order valence-electron chi connectivity index (χ4n) is 3.02. The predicted octanol–water partition coefficient (Wildman–Crippen LogP) is 5.26. The van der Waals surface area contributed by atoms with Crippen molar-refractivity contribution in [3.63, 3.8) is 0 Å². The molecule has 1 heterocycles. The summed E-state index contributed by atoms with van der Waals surface area (Å²) in [5, 5.41) is 3.42. The summed E-state index contributed by atoms with van der Waals surface area (Å²) in [5.41, 5.74) is 1.24. The van der Waals surface area contributed by atoms with Gasteiger partial charge in [-0.25, -0.2) is 0 Å². The molecule has 1 aliphatic rings. The molecule has 0 atom stereocenters. The van der Waals surface area contributed by atoms with Gasteiger partial charge < -0.3 is 19.5 Å². The number of nitrogens with one attached hydrogen (secondary N) is 1. The first kappa shape index (κ1) is 26.3. The van der Waals surface area contributed by atoms with Crippen LogP contribution in [-0.2, 0) is 14.3 Å². The number of hydrogen-bond acceptors (Lipinski definition) is 7. The van der Waals surface area contributed by atoms with Gasteiger partial charge in [0, 0.05) is 25.9 Å².